The van der Waals surface area contributed by atoms with Gasteiger partial charge in [0.1, 0.15) is 5.54 Å². The van der Waals surface area contributed by atoms with Crippen LogP contribution in [-0.4, -0.2) is 35.5 Å². The number of nitriles is 1. The fourth-order valence-electron chi connectivity index (χ4n) is 3.00. The average Bonchev–Trinajstić information content (AvgIpc) is 2.77. The minimum atomic E-state index is -0.952. The van der Waals surface area contributed by atoms with Gasteiger partial charge in [0.15, 0.2) is 0 Å². The fraction of sp³-hybridized carbons (Fsp3) is 0.500. The van der Waals surface area contributed by atoms with Gasteiger partial charge in [-0.05, 0) is 44.9 Å². The summed E-state index contributed by atoms with van der Waals surface area (Å²) in [5, 5.41) is 9.01. The Balaban J connectivity index is 2.37. The number of hydrogen-bond acceptors (Lipinski definition) is 4. The lowest BCUT2D eigenvalue weighted by atomic mass is 9.93. The first kappa shape index (κ1) is 17.0. The summed E-state index contributed by atoms with van der Waals surface area (Å²) in [6.45, 7) is 4.36. The first-order chi connectivity index (χ1) is 11.0. The molecule has 122 valence electrons. The molecule has 23 heavy (non-hydrogen) atoms. The van der Waals surface area contributed by atoms with Gasteiger partial charge in [0, 0.05) is 12.1 Å². The van der Waals surface area contributed by atoms with E-state index < -0.39 is 5.54 Å². The maximum absolute atomic E-state index is 13.0. The Hall–Kier alpha value is -2.35. The molecular formula is C18H22N2O3. The van der Waals surface area contributed by atoms with Gasteiger partial charge in [0.05, 0.1) is 18.2 Å². The van der Waals surface area contributed by atoms with Gasteiger partial charge in [0.25, 0.3) is 5.91 Å². The summed E-state index contributed by atoms with van der Waals surface area (Å²) >= 11 is 0. The molecule has 1 aliphatic heterocycles. The zero-order valence-corrected chi connectivity index (χ0v) is 13.7. The topological polar surface area (TPSA) is 70.4 Å². The molecule has 0 aliphatic carbocycles. The number of ether oxygens (including phenoxy) is 1. The van der Waals surface area contributed by atoms with Crippen molar-refractivity contribution >= 4 is 11.9 Å². The maximum atomic E-state index is 13.0. The van der Waals surface area contributed by atoms with Crippen molar-refractivity contribution in [2.24, 2.45) is 0 Å². The van der Waals surface area contributed by atoms with Crippen LogP contribution in [0, 0.1) is 11.3 Å². The van der Waals surface area contributed by atoms with Gasteiger partial charge < -0.3 is 9.64 Å². The Morgan fingerprint density at radius 3 is 2.83 bits per heavy atom. The minimum Gasteiger partial charge on any atom is -0.464 e. The van der Waals surface area contributed by atoms with Gasteiger partial charge in [0.2, 0.25) is 0 Å². The lowest BCUT2D eigenvalue weighted by Crippen LogP contribution is -2.55. The van der Waals surface area contributed by atoms with Crippen molar-refractivity contribution in [3.05, 3.63) is 35.4 Å². The van der Waals surface area contributed by atoms with Crippen molar-refractivity contribution in [1.29, 1.82) is 5.26 Å². The standard InChI is InChI=1S/C18H22N2O3/c1-3-23-17(22)18(2)10-5-4-6-11-20(18)16(21)15-9-7-8-14(12-15)13-19/h7-9,12H,3-6,10-11H2,1-2H3. The van der Waals surface area contributed by atoms with Crippen molar-refractivity contribution < 1.29 is 14.3 Å². The number of amides is 1. The van der Waals surface area contributed by atoms with Crippen LogP contribution in [0.3, 0.4) is 0 Å². The van der Waals surface area contributed by atoms with Crippen LogP contribution in [0.4, 0.5) is 0 Å². The third-order valence-corrected chi connectivity index (χ3v) is 4.34. The Kier molecular flexibility index (Phi) is 5.38. The molecule has 0 radical (unpaired) electrons. The summed E-state index contributed by atoms with van der Waals surface area (Å²) in [5.74, 6) is -0.578. The van der Waals surface area contributed by atoms with Gasteiger partial charge in [-0.15, -0.1) is 0 Å². The maximum Gasteiger partial charge on any atom is 0.331 e. The van der Waals surface area contributed by atoms with Crippen molar-refractivity contribution in [1.82, 2.24) is 4.90 Å². The van der Waals surface area contributed by atoms with E-state index in [2.05, 4.69) is 0 Å². The Morgan fingerprint density at radius 1 is 1.35 bits per heavy atom. The van der Waals surface area contributed by atoms with Crippen LogP contribution in [0.5, 0.6) is 0 Å². The molecule has 1 amide bonds. The molecule has 1 fully saturated rings. The zero-order valence-electron chi connectivity index (χ0n) is 13.7. The molecule has 1 saturated heterocycles. The summed E-state index contributed by atoms with van der Waals surface area (Å²) in [5.41, 5.74) is -0.0864. The molecule has 1 aliphatic rings. The smallest absolute Gasteiger partial charge is 0.331 e. The van der Waals surface area contributed by atoms with E-state index in [0.717, 1.165) is 19.3 Å². The predicted molar refractivity (Wildman–Crippen MR) is 85.7 cm³/mol. The molecule has 1 unspecified atom stereocenters. The molecule has 0 bridgehead atoms. The van der Waals surface area contributed by atoms with Crippen molar-refractivity contribution in [2.45, 2.75) is 45.1 Å². The number of benzene rings is 1. The van der Waals surface area contributed by atoms with Gasteiger partial charge in [-0.2, -0.15) is 5.26 Å². The van der Waals surface area contributed by atoms with Gasteiger partial charge >= 0.3 is 5.97 Å². The fourth-order valence-corrected chi connectivity index (χ4v) is 3.00. The van der Waals surface area contributed by atoms with Crippen LogP contribution in [0.15, 0.2) is 24.3 Å². The zero-order chi connectivity index (χ0) is 16.9. The number of carbonyl (C=O) groups is 2. The van der Waals surface area contributed by atoms with E-state index in [4.69, 9.17) is 10.00 Å². The summed E-state index contributed by atoms with van der Waals surface area (Å²) in [4.78, 5) is 27.0. The Labute approximate surface area is 136 Å². The third-order valence-electron chi connectivity index (χ3n) is 4.34. The lowest BCUT2D eigenvalue weighted by molar-refractivity contribution is -0.155. The van der Waals surface area contributed by atoms with E-state index >= 15 is 0 Å². The van der Waals surface area contributed by atoms with Crippen molar-refractivity contribution in [2.75, 3.05) is 13.2 Å². The first-order valence-electron chi connectivity index (χ1n) is 8.02. The molecule has 1 aromatic rings. The summed E-state index contributed by atoms with van der Waals surface area (Å²) in [6.07, 6.45) is 3.32. The van der Waals surface area contributed by atoms with Gasteiger partial charge in [-0.1, -0.05) is 18.9 Å². The number of esters is 1. The normalized spacial score (nSPS) is 21.2. The van der Waals surface area contributed by atoms with Crippen LogP contribution in [0.25, 0.3) is 0 Å². The largest absolute Gasteiger partial charge is 0.464 e. The van der Waals surface area contributed by atoms with Crippen molar-refractivity contribution in [3.8, 4) is 6.07 Å². The van der Waals surface area contributed by atoms with Gasteiger partial charge in [-0.3, -0.25) is 4.79 Å². The first-order valence-corrected chi connectivity index (χ1v) is 8.02. The molecule has 2 rings (SSSR count). The number of rotatable bonds is 3. The van der Waals surface area contributed by atoms with E-state index in [1.807, 2.05) is 6.07 Å². The molecule has 5 nitrogen and oxygen atoms in total. The number of nitrogens with zero attached hydrogens (tertiary/aromatic N) is 2. The van der Waals surface area contributed by atoms with E-state index in [1.165, 1.54) is 0 Å². The average molecular weight is 314 g/mol. The lowest BCUT2D eigenvalue weighted by Gasteiger charge is -2.38. The van der Waals surface area contributed by atoms with Crippen molar-refractivity contribution in [3.63, 3.8) is 0 Å². The third kappa shape index (κ3) is 3.53. The van der Waals surface area contributed by atoms with Crippen LogP contribution >= 0.6 is 0 Å². The Morgan fingerprint density at radius 2 is 2.13 bits per heavy atom. The molecule has 0 saturated carbocycles. The second-order valence-electron chi connectivity index (χ2n) is 5.95. The number of hydrogen-bond donors (Lipinski definition) is 0. The van der Waals surface area contributed by atoms with Crippen LogP contribution in [0.2, 0.25) is 0 Å². The highest BCUT2D eigenvalue weighted by molar-refractivity contribution is 5.98. The number of likely N-dealkylation sites (tertiary alicyclic amines) is 1. The van der Waals surface area contributed by atoms with E-state index in [0.29, 0.717) is 30.7 Å². The SMILES string of the molecule is CCOC(=O)C1(C)CCCCCN1C(=O)c1cccc(C#N)c1. The summed E-state index contributed by atoms with van der Waals surface area (Å²) in [7, 11) is 0. The molecule has 1 atom stereocenters. The highest BCUT2D eigenvalue weighted by Crippen LogP contribution is 2.30. The Bertz CT molecular complexity index is 635. The molecule has 5 heteroatoms. The van der Waals surface area contributed by atoms with E-state index in [1.54, 1.807) is 43.0 Å². The quantitative estimate of drug-likeness (QED) is 0.804. The van der Waals surface area contributed by atoms with E-state index in [9.17, 15) is 9.59 Å². The molecule has 0 spiro atoms. The monoisotopic (exact) mass is 314 g/mol. The second kappa shape index (κ2) is 7.28. The molecule has 0 N–H and O–H groups in total. The molecule has 0 aromatic heterocycles. The highest BCUT2D eigenvalue weighted by atomic mass is 16.5. The summed E-state index contributed by atoms with van der Waals surface area (Å²) < 4.78 is 5.22. The van der Waals surface area contributed by atoms with Crippen LogP contribution in [-0.2, 0) is 9.53 Å². The number of carbonyl (C=O) groups excluding carboxylic acids is 2. The van der Waals surface area contributed by atoms with Crippen LogP contribution < -0.4 is 0 Å². The summed E-state index contributed by atoms with van der Waals surface area (Å²) in [6, 6.07) is 8.63. The minimum absolute atomic E-state index is 0.223. The molecule has 1 heterocycles. The molecule has 1 aromatic carbocycles. The van der Waals surface area contributed by atoms with Gasteiger partial charge in [-0.25, -0.2) is 4.79 Å². The van der Waals surface area contributed by atoms with E-state index in [-0.39, 0.29) is 11.9 Å². The highest BCUT2D eigenvalue weighted by Gasteiger charge is 2.44. The molecular weight excluding hydrogens is 292 g/mol. The second-order valence-corrected chi connectivity index (χ2v) is 5.95. The predicted octanol–water partition coefficient (Wildman–Crippen LogP) is 2.90. The van der Waals surface area contributed by atoms with Crippen LogP contribution in [0.1, 0.15) is 55.5 Å².